The van der Waals surface area contributed by atoms with Gasteiger partial charge in [0.2, 0.25) is 0 Å². The molecule has 0 saturated heterocycles. The molecule has 2 heteroatoms. The maximum atomic E-state index is 5.58. The quantitative estimate of drug-likeness (QED) is 0.740. The third kappa shape index (κ3) is 2.58. The van der Waals surface area contributed by atoms with Crippen LogP contribution in [0, 0.1) is 5.92 Å². The standard InChI is InChI=1S/C13H17NO/c1-10(2)12-9-15-13(14-12)8-11-6-4-3-5-7-11/h3-7,10,12H,8-9H2,1-2H3/t12-/m0/s1. The Hall–Kier alpha value is -1.31. The molecule has 0 amide bonds. The first kappa shape index (κ1) is 10.2. The molecule has 2 nitrogen and oxygen atoms in total. The number of nitrogens with zero attached hydrogens (tertiary/aromatic N) is 1. The fourth-order valence-electron chi connectivity index (χ4n) is 1.65. The zero-order valence-electron chi connectivity index (χ0n) is 9.31. The summed E-state index contributed by atoms with van der Waals surface area (Å²) in [5.41, 5.74) is 1.26. The van der Waals surface area contributed by atoms with E-state index < -0.39 is 0 Å². The Bertz CT molecular complexity index is 343. The third-order valence-electron chi connectivity index (χ3n) is 2.70. The molecule has 2 rings (SSSR count). The maximum absolute atomic E-state index is 5.58. The van der Waals surface area contributed by atoms with E-state index >= 15 is 0 Å². The van der Waals surface area contributed by atoms with Gasteiger partial charge in [-0.05, 0) is 11.5 Å². The van der Waals surface area contributed by atoms with Crippen LogP contribution in [0.5, 0.6) is 0 Å². The smallest absolute Gasteiger partial charge is 0.188 e. The molecular weight excluding hydrogens is 186 g/mol. The van der Waals surface area contributed by atoms with E-state index in [1.807, 2.05) is 18.2 Å². The maximum Gasteiger partial charge on any atom is 0.188 e. The summed E-state index contributed by atoms with van der Waals surface area (Å²) >= 11 is 0. The van der Waals surface area contributed by atoms with Crippen LogP contribution in [0.4, 0.5) is 0 Å². The van der Waals surface area contributed by atoms with Gasteiger partial charge >= 0.3 is 0 Å². The molecule has 1 aromatic rings. The van der Waals surface area contributed by atoms with Crippen LogP contribution in [-0.2, 0) is 11.2 Å². The van der Waals surface area contributed by atoms with E-state index in [4.69, 9.17) is 4.74 Å². The molecule has 0 aliphatic carbocycles. The molecule has 0 radical (unpaired) electrons. The van der Waals surface area contributed by atoms with Gasteiger partial charge in [0, 0.05) is 6.42 Å². The minimum atomic E-state index is 0.351. The minimum absolute atomic E-state index is 0.351. The summed E-state index contributed by atoms with van der Waals surface area (Å²) in [4.78, 5) is 4.58. The Morgan fingerprint density at radius 1 is 1.33 bits per heavy atom. The first-order valence-corrected chi connectivity index (χ1v) is 5.49. The fourth-order valence-corrected chi connectivity index (χ4v) is 1.65. The number of hydrogen-bond donors (Lipinski definition) is 0. The van der Waals surface area contributed by atoms with Gasteiger partial charge in [-0.1, -0.05) is 44.2 Å². The second-order valence-electron chi connectivity index (χ2n) is 4.31. The molecule has 0 unspecified atom stereocenters. The highest BCUT2D eigenvalue weighted by atomic mass is 16.5. The molecule has 1 aromatic carbocycles. The van der Waals surface area contributed by atoms with Gasteiger partial charge in [0.05, 0.1) is 6.04 Å². The van der Waals surface area contributed by atoms with E-state index in [0.29, 0.717) is 12.0 Å². The average Bonchev–Trinajstić information content (AvgIpc) is 2.68. The van der Waals surface area contributed by atoms with Crippen LogP contribution in [0.3, 0.4) is 0 Å². The van der Waals surface area contributed by atoms with Crippen LogP contribution in [0.1, 0.15) is 19.4 Å². The molecule has 0 bridgehead atoms. The van der Waals surface area contributed by atoms with Gasteiger partial charge in [0.25, 0.3) is 0 Å². The summed E-state index contributed by atoms with van der Waals surface area (Å²) in [7, 11) is 0. The van der Waals surface area contributed by atoms with Crippen molar-refractivity contribution in [2.45, 2.75) is 26.3 Å². The monoisotopic (exact) mass is 203 g/mol. The molecule has 80 valence electrons. The highest BCUT2D eigenvalue weighted by Crippen LogP contribution is 2.15. The number of ether oxygens (including phenoxy) is 1. The van der Waals surface area contributed by atoms with E-state index in [1.54, 1.807) is 0 Å². The SMILES string of the molecule is CC(C)[C@@H]1COC(Cc2ccccc2)=N1. The highest BCUT2D eigenvalue weighted by Gasteiger charge is 2.21. The molecule has 15 heavy (non-hydrogen) atoms. The lowest BCUT2D eigenvalue weighted by Gasteiger charge is -2.06. The molecule has 0 N–H and O–H groups in total. The van der Waals surface area contributed by atoms with Crippen molar-refractivity contribution < 1.29 is 4.74 Å². The lowest BCUT2D eigenvalue weighted by Crippen LogP contribution is -2.13. The Kier molecular flexibility index (Phi) is 3.05. The van der Waals surface area contributed by atoms with E-state index in [9.17, 15) is 0 Å². The van der Waals surface area contributed by atoms with Crippen LogP contribution >= 0.6 is 0 Å². The summed E-state index contributed by atoms with van der Waals surface area (Å²) in [5.74, 6) is 1.46. The van der Waals surface area contributed by atoms with Gasteiger partial charge in [0.15, 0.2) is 5.90 Å². The van der Waals surface area contributed by atoms with Crippen molar-refractivity contribution in [3.8, 4) is 0 Å². The van der Waals surface area contributed by atoms with Crippen molar-refractivity contribution in [3.63, 3.8) is 0 Å². The zero-order valence-corrected chi connectivity index (χ0v) is 9.31. The molecule has 0 aromatic heterocycles. The number of rotatable bonds is 3. The zero-order chi connectivity index (χ0) is 10.7. The second-order valence-corrected chi connectivity index (χ2v) is 4.31. The fraction of sp³-hybridized carbons (Fsp3) is 0.462. The largest absolute Gasteiger partial charge is 0.478 e. The topological polar surface area (TPSA) is 21.6 Å². The van der Waals surface area contributed by atoms with E-state index in [2.05, 4.69) is 31.0 Å². The second kappa shape index (κ2) is 4.47. The normalized spacial score (nSPS) is 20.2. The van der Waals surface area contributed by atoms with Gasteiger partial charge < -0.3 is 4.74 Å². The summed E-state index contributed by atoms with van der Waals surface area (Å²) < 4.78 is 5.58. The number of aliphatic imine (C=N–C) groups is 1. The predicted octanol–water partition coefficient (Wildman–Crippen LogP) is 2.68. The molecule has 1 aliphatic heterocycles. The van der Waals surface area contributed by atoms with Gasteiger partial charge in [-0.15, -0.1) is 0 Å². The van der Waals surface area contributed by atoms with Crippen molar-refractivity contribution in [2.75, 3.05) is 6.61 Å². The summed E-state index contributed by atoms with van der Waals surface area (Å²) in [6.07, 6.45) is 0.823. The summed E-state index contributed by atoms with van der Waals surface area (Å²) in [6.45, 7) is 5.12. The van der Waals surface area contributed by atoms with E-state index in [0.717, 1.165) is 18.9 Å². The molecule has 1 atom stereocenters. The van der Waals surface area contributed by atoms with Crippen molar-refractivity contribution in [1.29, 1.82) is 0 Å². The van der Waals surface area contributed by atoms with Gasteiger partial charge in [-0.25, -0.2) is 4.99 Å². The molecular formula is C13H17NO. The Balaban J connectivity index is 2.00. The lowest BCUT2D eigenvalue weighted by molar-refractivity contribution is 0.287. The van der Waals surface area contributed by atoms with E-state index in [1.165, 1.54) is 5.56 Å². The van der Waals surface area contributed by atoms with Crippen LogP contribution in [0.2, 0.25) is 0 Å². The minimum Gasteiger partial charge on any atom is -0.478 e. The van der Waals surface area contributed by atoms with Gasteiger partial charge in [0.1, 0.15) is 6.61 Å². The first-order valence-electron chi connectivity index (χ1n) is 5.49. The molecule has 1 aliphatic rings. The molecule has 0 spiro atoms. The molecule has 1 heterocycles. The Labute approximate surface area is 91.0 Å². The van der Waals surface area contributed by atoms with Crippen LogP contribution < -0.4 is 0 Å². The number of hydrogen-bond acceptors (Lipinski definition) is 2. The Morgan fingerprint density at radius 3 is 2.67 bits per heavy atom. The average molecular weight is 203 g/mol. The van der Waals surface area contributed by atoms with Crippen LogP contribution in [0.15, 0.2) is 35.3 Å². The van der Waals surface area contributed by atoms with E-state index in [-0.39, 0.29) is 0 Å². The van der Waals surface area contributed by atoms with Crippen molar-refractivity contribution in [3.05, 3.63) is 35.9 Å². The Morgan fingerprint density at radius 2 is 2.07 bits per heavy atom. The lowest BCUT2D eigenvalue weighted by atomic mass is 10.1. The van der Waals surface area contributed by atoms with Gasteiger partial charge in [-0.3, -0.25) is 0 Å². The van der Waals surface area contributed by atoms with Crippen LogP contribution in [-0.4, -0.2) is 18.5 Å². The summed E-state index contributed by atoms with van der Waals surface area (Å²) in [5, 5.41) is 0. The third-order valence-corrected chi connectivity index (χ3v) is 2.70. The highest BCUT2D eigenvalue weighted by molar-refractivity contribution is 5.80. The van der Waals surface area contributed by atoms with Crippen molar-refractivity contribution >= 4 is 5.90 Å². The predicted molar refractivity (Wildman–Crippen MR) is 62.2 cm³/mol. The number of benzene rings is 1. The van der Waals surface area contributed by atoms with Gasteiger partial charge in [-0.2, -0.15) is 0 Å². The van der Waals surface area contributed by atoms with Crippen molar-refractivity contribution in [1.82, 2.24) is 0 Å². The van der Waals surface area contributed by atoms with Crippen molar-refractivity contribution in [2.24, 2.45) is 10.9 Å². The van der Waals surface area contributed by atoms with Crippen LogP contribution in [0.25, 0.3) is 0 Å². The summed E-state index contributed by atoms with van der Waals surface area (Å²) in [6, 6.07) is 10.7. The molecule has 0 saturated carbocycles. The first-order chi connectivity index (χ1) is 7.25. The molecule has 0 fully saturated rings.